The van der Waals surface area contributed by atoms with E-state index in [0.29, 0.717) is 0 Å². The maximum absolute atomic E-state index is 2.43. The minimum atomic E-state index is 0.0590. The summed E-state index contributed by atoms with van der Waals surface area (Å²) in [5.74, 6) is 0. The van der Waals surface area contributed by atoms with Gasteiger partial charge in [0.25, 0.3) is 0 Å². The summed E-state index contributed by atoms with van der Waals surface area (Å²) in [6.07, 6.45) is 2.29. The van der Waals surface area contributed by atoms with Crippen molar-refractivity contribution in [3.8, 4) is 0 Å². The van der Waals surface area contributed by atoms with Crippen LogP contribution < -0.4 is 21.5 Å². The van der Waals surface area contributed by atoms with Crippen molar-refractivity contribution < 1.29 is 24.3 Å². The number of alkyl halides is 1. The van der Waals surface area contributed by atoms with Crippen LogP contribution in [0.4, 0.5) is 5.69 Å². The molecule has 2 heteroatoms. The Balaban J connectivity index is 2.04. The summed E-state index contributed by atoms with van der Waals surface area (Å²) in [5.41, 5.74) is 4.20. The number of halogens is 1. The standard InChI is InChI=1S/C14H12IN/c1-2-8-14(9-3-1)16-11-13-7-5-4-6-12(13)10-15-16/h1-9,11H,10H2. The van der Waals surface area contributed by atoms with E-state index in [1.165, 1.54) is 21.2 Å². The molecular formula is C14H12IN. The second kappa shape index (κ2) is 4.37. The van der Waals surface area contributed by atoms with E-state index in [0.717, 1.165) is 0 Å². The molecule has 1 aliphatic heterocycles. The van der Waals surface area contributed by atoms with Gasteiger partial charge < -0.3 is 0 Å². The molecule has 0 fully saturated rings. The predicted octanol–water partition coefficient (Wildman–Crippen LogP) is -0.0327. The van der Waals surface area contributed by atoms with Crippen LogP contribution in [-0.2, 0) is 4.43 Å². The molecule has 3 rings (SSSR count). The normalized spacial score (nSPS) is 14.6. The van der Waals surface area contributed by atoms with Gasteiger partial charge in [-0.1, -0.05) is 0 Å². The van der Waals surface area contributed by atoms with Crippen LogP contribution in [0.15, 0.2) is 54.6 Å². The second-order valence-electron chi connectivity index (χ2n) is 3.73. The monoisotopic (exact) mass is 321 g/mol. The fourth-order valence-corrected chi connectivity index (χ4v) is 4.42. The first-order valence-corrected chi connectivity index (χ1v) is 7.79. The molecule has 1 aliphatic rings. The van der Waals surface area contributed by atoms with Crippen molar-refractivity contribution in [3.05, 3.63) is 65.7 Å². The summed E-state index contributed by atoms with van der Waals surface area (Å²) >= 11 is 0.0590. The zero-order chi connectivity index (χ0) is 10.8. The number of fused-ring (bicyclic) bond motifs is 1. The molecule has 0 atom stereocenters. The van der Waals surface area contributed by atoms with E-state index in [1.807, 2.05) is 0 Å². The van der Waals surface area contributed by atoms with E-state index < -0.39 is 0 Å². The van der Waals surface area contributed by atoms with Crippen molar-refractivity contribution in [2.45, 2.75) is 4.43 Å². The molecule has 0 N–H and O–H groups in total. The number of hydrogen-bond donors (Lipinski definition) is 0. The van der Waals surface area contributed by atoms with Gasteiger partial charge in [-0.15, -0.1) is 0 Å². The summed E-state index contributed by atoms with van der Waals surface area (Å²) in [4.78, 5) is 0. The van der Waals surface area contributed by atoms with E-state index in [1.54, 1.807) is 0 Å². The zero-order valence-electron chi connectivity index (χ0n) is 8.81. The van der Waals surface area contributed by atoms with E-state index in [4.69, 9.17) is 0 Å². The van der Waals surface area contributed by atoms with Crippen molar-refractivity contribution in [2.24, 2.45) is 0 Å². The molecule has 16 heavy (non-hydrogen) atoms. The molecule has 0 aromatic heterocycles. The van der Waals surface area contributed by atoms with Crippen LogP contribution in [0.3, 0.4) is 0 Å². The van der Waals surface area contributed by atoms with Crippen LogP contribution in [0.1, 0.15) is 11.1 Å². The van der Waals surface area contributed by atoms with Gasteiger partial charge in [-0.3, -0.25) is 0 Å². The van der Waals surface area contributed by atoms with Crippen molar-refractivity contribution in [1.82, 2.24) is 0 Å². The number of benzene rings is 2. The van der Waals surface area contributed by atoms with Crippen LogP contribution in [0.2, 0.25) is 0 Å². The van der Waals surface area contributed by atoms with Gasteiger partial charge in [0.05, 0.1) is 0 Å². The molecule has 2 aromatic carbocycles. The number of para-hydroxylation sites is 1. The molecule has 0 aliphatic carbocycles. The molecular weight excluding hydrogens is 309 g/mol. The van der Waals surface area contributed by atoms with Crippen LogP contribution in [-0.4, -0.2) is 9.00 Å². The fraction of sp³-hybridized carbons (Fsp3) is 0.0714. The van der Waals surface area contributed by atoms with E-state index in [2.05, 4.69) is 63.6 Å². The van der Waals surface area contributed by atoms with Crippen molar-refractivity contribution >= 4 is 11.9 Å². The van der Waals surface area contributed by atoms with Crippen molar-refractivity contribution in [2.75, 3.05) is 0 Å². The zero-order valence-corrected chi connectivity index (χ0v) is 11.0. The SMILES string of the molecule is C1=[N+](c2ccccc2)[I-]Cc2ccccc21. The summed E-state index contributed by atoms with van der Waals surface area (Å²) in [5, 5.41) is 0. The summed E-state index contributed by atoms with van der Waals surface area (Å²) in [6.45, 7) is 0. The van der Waals surface area contributed by atoms with E-state index in [9.17, 15) is 0 Å². The van der Waals surface area contributed by atoms with E-state index in [-0.39, 0.29) is 21.5 Å². The Morgan fingerprint density at radius 1 is 0.875 bits per heavy atom. The van der Waals surface area contributed by atoms with Crippen molar-refractivity contribution in [1.29, 1.82) is 0 Å². The van der Waals surface area contributed by atoms with Gasteiger partial charge in [-0.05, 0) is 0 Å². The molecule has 0 radical (unpaired) electrons. The van der Waals surface area contributed by atoms with Gasteiger partial charge >= 0.3 is 106 Å². The molecule has 0 bridgehead atoms. The minimum absolute atomic E-state index is 0.0590. The van der Waals surface area contributed by atoms with Crippen molar-refractivity contribution in [3.63, 3.8) is 0 Å². The molecule has 0 unspecified atom stereocenters. The Bertz CT molecular complexity index is 531. The second-order valence-corrected chi connectivity index (χ2v) is 6.21. The molecule has 0 amide bonds. The average Bonchev–Trinajstić information content (AvgIpc) is 2.39. The first-order valence-electron chi connectivity index (χ1n) is 5.30. The number of nitrogens with zero attached hydrogens (tertiary/aromatic N) is 1. The molecule has 0 saturated heterocycles. The number of rotatable bonds is 1. The van der Waals surface area contributed by atoms with Crippen LogP contribution in [0.25, 0.3) is 0 Å². The van der Waals surface area contributed by atoms with E-state index >= 15 is 0 Å². The summed E-state index contributed by atoms with van der Waals surface area (Å²) in [6, 6.07) is 19.3. The Hall–Kier alpha value is -1.16. The first kappa shape index (κ1) is 10.0. The van der Waals surface area contributed by atoms with Gasteiger partial charge in [-0.25, -0.2) is 0 Å². The van der Waals surface area contributed by atoms with Crippen LogP contribution in [0, 0.1) is 0 Å². The Morgan fingerprint density at radius 3 is 2.50 bits per heavy atom. The van der Waals surface area contributed by atoms with Crippen LogP contribution >= 0.6 is 0 Å². The third-order valence-electron chi connectivity index (χ3n) is 2.64. The first-order chi connectivity index (χ1) is 7.93. The molecule has 0 saturated carbocycles. The van der Waals surface area contributed by atoms with Crippen LogP contribution in [0.5, 0.6) is 0 Å². The molecule has 1 nitrogen and oxygen atoms in total. The number of hydrogen-bond acceptors (Lipinski definition) is 0. The summed E-state index contributed by atoms with van der Waals surface area (Å²) < 4.78 is 3.67. The summed E-state index contributed by atoms with van der Waals surface area (Å²) in [7, 11) is 0. The fourth-order valence-electron chi connectivity index (χ4n) is 1.78. The molecule has 2 aromatic rings. The quantitative estimate of drug-likeness (QED) is 0.394. The molecule has 80 valence electrons. The van der Waals surface area contributed by atoms with Gasteiger partial charge in [-0.2, -0.15) is 0 Å². The predicted molar refractivity (Wildman–Crippen MR) is 61.7 cm³/mol. The Labute approximate surface area is 106 Å². The van der Waals surface area contributed by atoms with Gasteiger partial charge in [0.15, 0.2) is 0 Å². The average molecular weight is 321 g/mol. The molecule has 1 heterocycles. The van der Waals surface area contributed by atoms with Gasteiger partial charge in [0, 0.05) is 0 Å². The topological polar surface area (TPSA) is 3.01 Å². The Kier molecular flexibility index (Phi) is 2.74. The Morgan fingerprint density at radius 2 is 1.62 bits per heavy atom. The maximum atomic E-state index is 2.43. The molecule has 0 spiro atoms. The third-order valence-corrected chi connectivity index (χ3v) is 5.38. The third kappa shape index (κ3) is 1.89. The van der Waals surface area contributed by atoms with Gasteiger partial charge in [0.1, 0.15) is 0 Å². The van der Waals surface area contributed by atoms with Gasteiger partial charge in [0.2, 0.25) is 0 Å².